The van der Waals surface area contributed by atoms with Gasteiger partial charge in [0.25, 0.3) is 0 Å². The fourth-order valence-electron chi connectivity index (χ4n) is 4.63. The number of carbonyl (C=O) groups is 1. The summed E-state index contributed by atoms with van der Waals surface area (Å²) in [5.74, 6) is -0.834. The van der Waals surface area contributed by atoms with Crippen LogP contribution in [0, 0.1) is 5.92 Å². The Bertz CT molecular complexity index is 1400. The molecule has 5 rings (SSSR count). The SMILES string of the molecule is CC(C)[C@H](N)C(=O)O[C@@H]1[C@@H](CO[P@@]2(=O)OCC[C@@H](c3ccncc3)O2)O[C@@H](n2cnc3c(N)ncnc32)[C@]1(C)O. The van der Waals surface area contributed by atoms with Gasteiger partial charge in [-0.25, -0.2) is 19.5 Å². The first kappa shape index (κ1) is 28.5. The number of hydrogen-bond donors (Lipinski definition) is 3. The van der Waals surface area contributed by atoms with Gasteiger partial charge in [-0.3, -0.25) is 27.9 Å². The molecule has 5 N–H and O–H groups in total. The number of imidazole rings is 1. The summed E-state index contributed by atoms with van der Waals surface area (Å²) in [6, 6.07) is 2.55. The minimum atomic E-state index is -4.05. The zero-order chi connectivity index (χ0) is 28.7. The van der Waals surface area contributed by atoms with Crippen molar-refractivity contribution in [3.05, 3.63) is 42.7 Å². The molecule has 0 amide bonds. The number of phosphoric acid groups is 1. The first-order valence-electron chi connectivity index (χ1n) is 12.7. The van der Waals surface area contributed by atoms with E-state index in [0.717, 1.165) is 5.56 Å². The highest BCUT2D eigenvalue weighted by atomic mass is 31.2. The molecular formula is C24H32N7O8P. The molecule has 7 atom stereocenters. The summed E-state index contributed by atoms with van der Waals surface area (Å²) in [5, 5.41) is 11.7. The standard InChI is InChI=1S/C24H32N7O8P/c1-13(2)17(25)22(32)38-19-16(10-36-40(34)35-9-6-15(39-40)14-4-7-27-8-5-14)37-23(24(19,3)33)31-12-30-18-20(26)28-11-29-21(18)31/h4-5,7-8,11-13,15-17,19,23,33H,6,9-10,25H2,1-3H3,(H2,26,28,29)/t15-,16+,17-,19+,23+,24+,40+/m0/s1. The number of nitrogens with zero attached hydrogens (tertiary/aromatic N) is 5. The molecule has 0 bridgehead atoms. The van der Waals surface area contributed by atoms with Crippen molar-refractivity contribution >= 4 is 30.8 Å². The van der Waals surface area contributed by atoms with E-state index in [1.807, 2.05) is 0 Å². The molecule has 40 heavy (non-hydrogen) atoms. The third-order valence-electron chi connectivity index (χ3n) is 6.95. The molecule has 0 saturated carbocycles. The number of nitrogens with two attached hydrogens (primary N) is 2. The number of pyridine rings is 1. The summed E-state index contributed by atoms with van der Waals surface area (Å²) in [5.41, 5.74) is 11.4. The summed E-state index contributed by atoms with van der Waals surface area (Å²) < 4.78 is 43.5. The molecule has 2 aliphatic rings. The van der Waals surface area contributed by atoms with Crippen molar-refractivity contribution in [2.45, 2.75) is 63.4 Å². The number of fused-ring (bicyclic) bond motifs is 1. The lowest BCUT2D eigenvalue weighted by molar-refractivity contribution is -0.166. The highest BCUT2D eigenvalue weighted by molar-refractivity contribution is 7.48. The molecule has 2 aliphatic heterocycles. The average Bonchev–Trinajstić information content (AvgIpc) is 3.46. The Hall–Kier alpha value is -3.04. The maximum absolute atomic E-state index is 13.4. The Morgan fingerprint density at radius 2 is 2.05 bits per heavy atom. The van der Waals surface area contributed by atoms with E-state index in [1.165, 1.54) is 24.1 Å². The molecule has 0 aromatic carbocycles. The van der Waals surface area contributed by atoms with Gasteiger partial charge < -0.3 is 26.0 Å². The summed E-state index contributed by atoms with van der Waals surface area (Å²) in [7, 11) is -4.05. The first-order chi connectivity index (χ1) is 19.0. The lowest BCUT2D eigenvalue weighted by Gasteiger charge is -2.32. The number of aliphatic hydroxyl groups is 1. The maximum atomic E-state index is 13.4. The van der Waals surface area contributed by atoms with Crippen LogP contribution >= 0.6 is 7.82 Å². The first-order valence-corrected chi connectivity index (χ1v) is 14.2. The van der Waals surface area contributed by atoms with Crippen LogP contribution in [0.4, 0.5) is 5.82 Å². The molecule has 0 aliphatic carbocycles. The lowest BCUT2D eigenvalue weighted by Crippen LogP contribution is -2.50. The van der Waals surface area contributed by atoms with Crippen LogP contribution in [0.15, 0.2) is 37.2 Å². The molecule has 16 heteroatoms. The summed E-state index contributed by atoms with van der Waals surface area (Å²) in [4.78, 5) is 29.2. The van der Waals surface area contributed by atoms with E-state index in [4.69, 9.17) is 34.5 Å². The largest absolute Gasteiger partial charge is 0.475 e. The van der Waals surface area contributed by atoms with Crippen molar-refractivity contribution in [2.24, 2.45) is 11.7 Å². The molecule has 0 radical (unpaired) electrons. The second-order valence-electron chi connectivity index (χ2n) is 10.2. The number of aromatic nitrogens is 5. The number of rotatable bonds is 8. The zero-order valence-electron chi connectivity index (χ0n) is 22.2. The van der Waals surface area contributed by atoms with Crippen molar-refractivity contribution < 1.29 is 37.5 Å². The number of phosphoric ester groups is 1. The van der Waals surface area contributed by atoms with Gasteiger partial charge in [0, 0.05) is 18.8 Å². The monoisotopic (exact) mass is 577 g/mol. The predicted molar refractivity (Wildman–Crippen MR) is 139 cm³/mol. The van der Waals surface area contributed by atoms with Gasteiger partial charge in [-0.1, -0.05) is 13.8 Å². The fraction of sp³-hybridized carbons (Fsp3) is 0.542. The van der Waals surface area contributed by atoms with E-state index in [0.29, 0.717) is 11.9 Å². The third-order valence-corrected chi connectivity index (χ3v) is 8.43. The fourth-order valence-corrected chi connectivity index (χ4v) is 6.02. The Kier molecular flexibility index (Phi) is 7.90. The predicted octanol–water partition coefficient (Wildman–Crippen LogP) is 1.65. The summed E-state index contributed by atoms with van der Waals surface area (Å²) in [6.07, 6.45) is 2.20. The second-order valence-corrected chi connectivity index (χ2v) is 11.8. The van der Waals surface area contributed by atoms with Crippen molar-refractivity contribution in [1.82, 2.24) is 24.5 Å². The molecule has 2 fully saturated rings. The minimum Gasteiger partial charge on any atom is -0.455 e. The van der Waals surface area contributed by atoms with E-state index in [1.54, 1.807) is 38.4 Å². The number of nitrogen functional groups attached to an aromatic ring is 1. The summed E-state index contributed by atoms with van der Waals surface area (Å²) >= 11 is 0. The average molecular weight is 578 g/mol. The number of anilines is 1. The lowest BCUT2D eigenvalue weighted by atomic mass is 9.95. The van der Waals surface area contributed by atoms with Gasteiger partial charge in [0.1, 0.15) is 29.6 Å². The van der Waals surface area contributed by atoms with E-state index < -0.39 is 56.6 Å². The van der Waals surface area contributed by atoms with Crippen LogP contribution in [-0.4, -0.2) is 72.6 Å². The van der Waals surface area contributed by atoms with Crippen LogP contribution in [0.2, 0.25) is 0 Å². The van der Waals surface area contributed by atoms with Gasteiger partial charge >= 0.3 is 13.8 Å². The molecular weight excluding hydrogens is 545 g/mol. The van der Waals surface area contributed by atoms with Crippen LogP contribution in [0.25, 0.3) is 11.2 Å². The van der Waals surface area contributed by atoms with E-state index in [9.17, 15) is 14.5 Å². The molecule has 0 unspecified atom stereocenters. The van der Waals surface area contributed by atoms with E-state index in [-0.39, 0.29) is 24.0 Å². The number of carbonyl (C=O) groups excluding carboxylic acids is 1. The molecule has 0 spiro atoms. The number of hydrogen-bond acceptors (Lipinski definition) is 14. The normalized spacial score (nSPS) is 31.4. The van der Waals surface area contributed by atoms with Crippen LogP contribution < -0.4 is 11.5 Å². The van der Waals surface area contributed by atoms with E-state index >= 15 is 0 Å². The minimum absolute atomic E-state index is 0.125. The van der Waals surface area contributed by atoms with Gasteiger partial charge in [-0.05, 0) is 30.5 Å². The number of ether oxygens (including phenoxy) is 2. The highest BCUT2D eigenvalue weighted by Crippen LogP contribution is 2.57. The number of esters is 1. The van der Waals surface area contributed by atoms with Crippen LogP contribution in [0.5, 0.6) is 0 Å². The molecule has 3 aromatic rings. The van der Waals surface area contributed by atoms with Crippen LogP contribution in [0.1, 0.15) is 45.1 Å². The quantitative estimate of drug-likeness (QED) is 0.257. The Labute approximate surface area is 229 Å². The Morgan fingerprint density at radius 3 is 2.77 bits per heavy atom. The van der Waals surface area contributed by atoms with Crippen molar-refractivity contribution in [3.63, 3.8) is 0 Å². The van der Waals surface area contributed by atoms with Gasteiger partial charge in [0.15, 0.2) is 23.8 Å². The van der Waals surface area contributed by atoms with E-state index in [2.05, 4.69) is 19.9 Å². The van der Waals surface area contributed by atoms with Crippen molar-refractivity contribution in [3.8, 4) is 0 Å². The van der Waals surface area contributed by atoms with Crippen molar-refractivity contribution in [1.29, 1.82) is 0 Å². The molecule has 3 aromatic heterocycles. The van der Waals surface area contributed by atoms with Crippen LogP contribution in [-0.2, 0) is 32.4 Å². The maximum Gasteiger partial charge on any atom is 0.475 e. The smallest absolute Gasteiger partial charge is 0.455 e. The second kappa shape index (κ2) is 11.1. The summed E-state index contributed by atoms with van der Waals surface area (Å²) in [6.45, 7) is 4.68. The van der Waals surface area contributed by atoms with Crippen molar-refractivity contribution in [2.75, 3.05) is 18.9 Å². The topological polar surface area (TPSA) is 209 Å². The zero-order valence-corrected chi connectivity index (χ0v) is 23.1. The van der Waals surface area contributed by atoms with Gasteiger partial charge in [-0.2, -0.15) is 0 Å². The van der Waals surface area contributed by atoms with Gasteiger partial charge in [-0.15, -0.1) is 0 Å². The Morgan fingerprint density at radius 1 is 1.30 bits per heavy atom. The third kappa shape index (κ3) is 5.46. The molecule has 216 valence electrons. The highest BCUT2D eigenvalue weighted by Gasteiger charge is 2.57. The van der Waals surface area contributed by atoms with Gasteiger partial charge in [0.2, 0.25) is 0 Å². The Balaban J connectivity index is 1.40. The molecule has 2 saturated heterocycles. The van der Waals surface area contributed by atoms with Crippen LogP contribution in [0.3, 0.4) is 0 Å². The molecule has 5 heterocycles. The van der Waals surface area contributed by atoms with Gasteiger partial charge in [0.05, 0.1) is 25.6 Å². The molecule has 15 nitrogen and oxygen atoms in total.